The van der Waals surface area contributed by atoms with Crippen molar-refractivity contribution in [2.75, 3.05) is 46.4 Å². The van der Waals surface area contributed by atoms with E-state index in [1.165, 1.54) is 0 Å². The van der Waals surface area contributed by atoms with E-state index in [2.05, 4.69) is 0 Å². The topological polar surface area (TPSA) is 70.2 Å². The average molecular weight is 359 g/mol. The largest absolute Gasteiger partial charge is 0.497 e. The lowest BCUT2D eigenvalue weighted by Crippen LogP contribution is -2.54. The minimum absolute atomic E-state index is 0.00649. The number of amides is 3. The molecule has 2 aliphatic heterocycles. The molecule has 1 aromatic rings. The molecule has 2 fully saturated rings. The van der Waals surface area contributed by atoms with Crippen molar-refractivity contribution in [3.63, 3.8) is 0 Å². The molecule has 0 saturated carbocycles. The molecule has 3 amide bonds. The van der Waals surface area contributed by atoms with Gasteiger partial charge < -0.3 is 19.4 Å². The van der Waals surface area contributed by atoms with Gasteiger partial charge in [0.2, 0.25) is 17.7 Å². The van der Waals surface area contributed by atoms with Crippen molar-refractivity contribution in [1.82, 2.24) is 14.7 Å². The van der Waals surface area contributed by atoms with Crippen molar-refractivity contribution in [2.45, 2.75) is 19.3 Å². The average Bonchev–Trinajstić information content (AvgIpc) is 3.18. The summed E-state index contributed by atoms with van der Waals surface area (Å²) in [6.45, 7) is 2.59. The van der Waals surface area contributed by atoms with E-state index in [9.17, 15) is 14.4 Å². The Balaban J connectivity index is 1.51. The predicted octanol–water partition coefficient (Wildman–Crippen LogP) is 0.531. The third-order valence-corrected chi connectivity index (χ3v) is 4.95. The lowest BCUT2D eigenvalue weighted by Gasteiger charge is -2.34. The Bertz CT molecular complexity index is 685. The molecule has 2 aliphatic rings. The molecule has 26 heavy (non-hydrogen) atoms. The first kappa shape index (κ1) is 18.2. The molecule has 7 nitrogen and oxygen atoms in total. The lowest BCUT2D eigenvalue weighted by atomic mass is 10.1. The van der Waals surface area contributed by atoms with Gasteiger partial charge in [-0.1, -0.05) is 12.1 Å². The van der Waals surface area contributed by atoms with Crippen molar-refractivity contribution in [3.05, 3.63) is 29.8 Å². The van der Waals surface area contributed by atoms with E-state index in [1.54, 1.807) is 16.9 Å². The maximum absolute atomic E-state index is 12.5. The van der Waals surface area contributed by atoms with Gasteiger partial charge in [-0.25, -0.2) is 0 Å². The number of carbonyl (C=O) groups excluding carboxylic acids is 3. The molecule has 0 bridgehead atoms. The Kier molecular flexibility index (Phi) is 5.75. The smallest absolute Gasteiger partial charge is 0.242 e. The maximum Gasteiger partial charge on any atom is 0.242 e. The molecule has 1 aromatic carbocycles. The van der Waals surface area contributed by atoms with Crippen LogP contribution in [0.3, 0.4) is 0 Å². The van der Waals surface area contributed by atoms with E-state index in [0.29, 0.717) is 18.8 Å². The van der Waals surface area contributed by atoms with E-state index in [4.69, 9.17) is 4.74 Å². The number of nitrogens with zero attached hydrogens (tertiary/aromatic N) is 3. The van der Waals surface area contributed by atoms with Gasteiger partial charge in [-0.3, -0.25) is 14.4 Å². The summed E-state index contributed by atoms with van der Waals surface area (Å²) >= 11 is 0. The number of rotatable bonds is 5. The van der Waals surface area contributed by atoms with Crippen LogP contribution in [-0.2, 0) is 20.8 Å². The summed E-state index contributed by atoms with van der Waals surface area (Å²) in [5.74, 6) is 0.462. The van der Waals surface area contributed by atoms with E-state index >= 15 is 0 Å². The van der Waals surface area contributed by atoms with Crippen LogP contribution < -0.4 is 4.74 Å². The highest BCUT2D eigenvalue weighted by Crippen LogP contribution is 2.15. The minimum Gasteiger partial charge on any atom is -0.497 e. The van der Waals surface area contributed by atoms with Gasteiger partial charge >= 0.3 is 0 Å². The first-order valence-electron chi connectivity index (χ1n) is 9.03. The molecule has 0 radical (unpaired) electrons. The second kappa shape index (κ2) is 8.21. The minimum atomic E-state index is -0.164. The second-order valence-corrected chi connectivity index (χ2v) is 6.75. The van der Waals surface area contributed by atoms with Crippen molar-refractivity contribution < 1.29 is 19.1 Å². The summed E-state index contributed by atoms with van der Waals surface area (Å²) in [4.78, 5) is 42.0. The third-order valence-electron chi connectivity index (χ3n) is 4.95. The Hall–Kier alpha value is -2.57. The third kappa shape index (κ3) is 4.33. The highest BCUT2D eigenvalue weighted by atomic mass is 16.5. The Morgan fingerprint density at radius 2 is 1.81 bits per heavy atom. The highest BCUT2D eigenvalue weighted by Gasteiger charge is 2.29. The summed E-state index contributed by atoms with van der Waals surface area (Å²) in [5.41, 5.74) is 0.855. The lowest BCUT2D eigenvalue weighted by molar-refractivity contribution is -0.148. The maximum atomic E-state index is 12.5. The molecule has 0 spiro atoms. The molecular formula is C19H25N3O4. The van der Waals surface area contributed by atoms with Crippen LogP contribution in [0.15, 0.2) is 24.3 Å². The van der Waals surface area contributed by atoms with Crippen molar-refractivity contribution >= 4 is 17.7 Å². The summed E-state index contributed by atoms with van der Waals surface area (Å²) in [7, 11) is 1.59. The molecule has 0 atom stereocenters. The monoisotopic (exact) mass is 359 g/mol. The molecule has 140 valence electrons. The Morgan fingerprint density at radius 1 is 1.04 bits per heavy atom. The number of likely N-dealkylation sites (tertiary alicyclic amines) is 1. The predicted molar refractivity (Wildman–Crippen MR) is 95.7 cm³/mol. The van der Waals surface area contributed by atoms with Crippen LogP contribution in [0, 0.1) is 0 Å². The number of hydrogen-bond donors (Lipinski definition) is 0. The van der Waals surface area contributed by atoms with Gasteiger partial charge in [0.25, 0.3) is 0 Å². The van der Waals surface area contributed by atoms with E-state index < -0.39 is 0 Å². The zero-order valence-electron chi connectivity index (χ0n) is 15.1. The number of piperazine rings is 1. The first-order chi connectivity index (χ1) is 12.6. The van der Waals surface area contributed by atoms with Crippen LogP contribution in [0.1, 0.15) is 18.4 Å². The van der Waals surface area contributed by atoms with Gasteiger partial charge in [0.15, 0.2) is 0 Å². The molecule has 0 N–H and O–H groups in total. The van der Waals surface area contributed by atoms with E-state index in [1.807, 2.05) is 29.2 Å². The fourth-order valence-corrected chi connectivity index (χ4v) is 3.39. The highest BCUT2D eigenvalue weighted by molar-refractivity contribution is 5.90. The van der Waals surface area contributed by atoms with Gasteiger partial charge in [-0.05, 0) is 30.5 Å². The molecule has 0 aromatic heterocycles. The standard InChI is InChI=1S/C19H25N3O4/c1-26-16-6-4-5-15(11-16)12-17(23)21-9-10-22(19(25)14-21)13-18(24)20-7-2-3-8-20/h4-6,11H,2-3,7-10,12-14H2,1H3. The SMILES string of the molecule is COc1cccc(CC(=O)N2CCN(CC(=O)N3CCCC3)C(=O)C2)c1. The van der Waals surface area contributed by atoms with Gasteiger partial charge in [-0.2, -0.15) is 0 Å². The quantitative estimate of drug-likeness (QED) is 0.769. The summed E-state index contributed by atoms with van der Waals surface area (Å²) < 4.78 is 5.17. The van der Waals surface area contributed by atoms with Crippen LogP contribution in [0.5, 0.6) is 5.75 Å². The Morgan fingerprint density at radius 3 is 2.50 bits per heavy atom. The zero-order chi connectivity index (χ0) is 18.5. The van der Waals surface area contributed by atoms with Gasteiger partial charge in [0, 0.05) is 26.2 Å². The number of carbonyl (C=O) groups is 3. The molecule has 7 heteroatoms. The van der Waals surface area contributed by atoms with Crippen molar-refractivity contribution in [1.29, 1.82) is 0 Å². The Labute approximate surface area is 153 Å². The van der Waals surface area contributed by atoms with Gasteiger partial charge in [0.05, 0.1) is 26.6 Å². The van der Waals surface area contributed by atoms with Crippen LogP contribution in [-0.4, -0.2) is 78.8 Å². The van der Waals surface area contributed by atoms with Gasteiger partial charge in [-0.15, -0.1) is 0 Å². The molecule has 0 aliphatic carbocycles. The summed E-state index contributed by atoms with van der Waals surface area (Å²) in [6.07, 6.45) is 2.30. The molecule has 2 heterocycles. The van der Waals surface area contributed by atoms with Crippen molar-refractivity contribution in [2.24, 2.45) is 0 Å². The summed E-state index contributed by atoms with van der Waals surface area (Å²) in [5, 5.41) is 0. The van der Waals surface area contributed by atoms with Crippen LogP contribution in [0.25, 0.3) is 0 Å². The molecule has 2 saturated heterocycles. The fraction of sp³-hybridized carbons (Fsp3) is 0.526. The van der Waals surface area contributed by atoms with Gasteiger partial charge in [0.1, 0.15) is 5.75 Å². The summed E-state index contributed by atoms with van der Waals surface area (Å²) in [6, 6.07) is 7.36. The number of hydrogen-bond acceptors (Lipinski definition) is 4. The number of methoxy groups -OCH3 is 1. The van der Waals surface area contributed by atoms with Crippen LogP contribution >= 0.6 is 0 Å². The van der Waals surface area contributed by atoms with Crippen molar-refractivity contribution in [3.8, 4) is 5.75 Å². The van der Waals surface area contributed by atoms with E-state index in [-0.39, 0.29) is 37.2 Å². The van der Waals surface area contributed by atoms with Crippen LogP contribution in [0.4, 0.5) is 0 Å². The van der Waals surface area contributed by atoms with E-state index in [0.717, 1.165) is 31.5 Å². The number of benzene rings is 1. The first-order valence-corrected chi connectivity index (χ1v) is 9.03. The van der Waals surface area contributed by atoms with Crippen LogP contribution in [0.2, 0.25) is 0 Å². The molecule has 3 rings (SSSR count). The normalized spacial score (nSPS) is 17.6. The molecular weight excluding hydrogens is 334 g/mol. The number of ether oxygens (including phenoxy) is 1. The zero-order valence-corrected chi connectivity index (χ0v) is 15.1. The fourth-order valence-electron chi connectivity index (χ4n) is 3.39. The second-order valence-electron chi connectivity index (χ2n) is 6.75. The molecule has 0 unspecified atom stereocenters.